The summed E-state index contributed by atoms with van der Waals surface area (Å²) in [6, 6.07) is 27.5. The lowest BCUT2D eigenvalue weighted by molar-refractivity contribution is -0.138. The number of rotatable bonds is 16. The second-order valence-electron chi connectivity index (χ2n) is 11.7. The summed E-state index contributed by atoms with van der Waals surface area (Å²) in [5, 5.41) is 5.98. The van der Waals surface area contributed by atoms with Gasteiger partial charge in [-0.25, -0.2) is 9.78 Å². The number of nitrogens with zero attached hydrogens (tertiary/aromatic N) is 1. The fourth-order valence-corrected chi connectivity index (χ4v) is 5.76. The molecule has 8 heteroatoms. The van der Waals surface area contributed by atoms with E-state index in [9.17, 15) is 9.59 Å². The lowest BCUT2D eigenvalue weighted by Crippen LogP contribution is -2.42. The first-order valence-electron chi connectivity index (χ1n) is 15.9. The van der Waals surface area contributed by atoms with Gasteiger partial charge in [-0.3, -0.25) is 4.79 Å². The van der Waals surface area contributed by atoms with Gasteiger partial charge in [-0.15, -0.1) is 11.3 Å². The van der Waals surface area contributed by atoms with Gasteiger partial charge in [0, 0.05) is 11.0 Å². The molecule has 0 saturated heterocycles. The van der Waals surface area contributed by atoms with Crippen molar-refractivity contribution in [3.8, 4) is 5.75 Å². The van der Waals surface area contributed by atoms with Gasteiger partial charge in [0.2, 0.25) is 5.91 Å². The molecule has 0 aliphatic carbocycles. The second kappa shape index (κ2) is 18.0. The smallest absolute Gasteiger partial charge is 0.333 e. The Balaban J connectivity index is 1.52. The fraction of sp³-hybridized carbons (Fsp3) is 0.308. The largest absolute Gasteiger partial charge is 0.489 e. The minimum absolute atomic E-state index is 0.0349. The van der Waals surface area contributed by atoms with Crippen LogP contribution in [-0.4, -0.2) is 29.6 Å². The first-order chi connectivity index (χ1) is 22.7. The number of esters is 1. The van der Waals surface area contributed by atoms with Gasteiger partial charge in [0.15, 0.2) is 0 Å². The van der Waals surface area contributed by atoms with Crippen molar-refractivity contribution in [2.45, 2.75) is 66.4 Å². The van der Waals surface area contributed by atoms with E-state index >= 15 is 0 Å². The first kappa shape index (κ1) is 35.3. The van der Waals surface area contributed by atoms with E-state index < -0.39 is 6.10 Å². The molecule has 0 spiro atoms. The topological polar surface area (TPSA) is 86.8 Å². The van der Waals surface area contributed by atoms with Gasteiger partial charge < -0.3 is 19.5 Å². The highest BCUT2D eigenvalue weighted by atomic mass is 32.1. The number of allylic oxidation sites excluding steroid dienone is 2. The average Bonchev–Trinajstić information content (AvgIpc) is 3.53. The number of ether oxygens (including phenoxy) is 3. The van der Waals surface area contributed by atoms with Crippen LogP contribution in [0.5, 0.6) is 5.75 Å². The lowest BCUT2D eigenvalue weighted by atomic mass is 10.0. The Morgan fingerprint density at radius 1 is 0.872 bits per heavy atom. The lowest BCUT2D eigenvalue weighted by Gasteiger charge is -2.24. The summed E-state index contributed by atoms with van der Waals surface area (Å²) in [5.74, 6) is 0.218. The van der Waals surface area contributed by atoms with Gasteiger partial charge in [0.05, 0.1) is 24.9 Å². The maximum atomic E-state index is 13.7. The van der Waals surface area contributed by atoms with Crippen molar-refractivity contribution in [1.82, 2.24) is 10.3 Å². The van der Waals surface area contributed by atoms with Crippen LogP contribution in [0.4, 0.5) is 0 Å². The molecule has 7 nitrogen and oxygen atoms in total. The van der Waals surface area contributed by atoms with E-state index in [1.54, 1.807) is 19.9 Å². The molecule has 3 aromatic carbocycles. The number of thiazole rings is 1. The molecule has 1 N–H and O–H groups in total. The molecule has 4 aromatic rings. The normalized spacial score (nSPS) is 13.2. The number of carbonyl (C=O) groups is 2. The van der Waals surface area contributed by atoms with Gasteiger partial charge in [0.25, 0.3) is 0 Å². The van der Waals surface area contributed by atoms with Gasteiger partial charge in [-0.1, -0.05) is 86.6 Å². The van der Waals surface area contributed by atoms with E-state index in [4.69, 9.17) is 19.2 Å². The quantitative estimate of drug-likeness (QED) is 0.0745. The molecular formula is C39H44N2O5S. The third-order valence-corrected chi connectivity index (χ3v) is 8.30. The number of nitrogens with one attached hydrogen (secondary N) is 1. The number of carbonyl (C=O) groups excluding carboxylic acids is 2. The molecule has 1 unspecified atom stereocenters. The van der Waals surface area contributed by atoms with E-state index in [2.05, 4.69) is 5.32 Å². The van der Waals surface area contributed by atoms with Gasteiger partial charge >= 0.3 is 5.97 Å². The van der Waals surface area contributed by atoms with E-state index in [0.717, 1.165) is 38.7 Å². The van der Waals surface area contributed by atoms with Gasteiger partial charge in [0.1, 0.15) is 23.5 Å². The Bertz CT molecular complexity index is 1630. The summed E-state index contributed by atoms with van der Waals surface area (Å²) in [6.45, 7) is 10.6. The zero-order chi connectivity index (χ0) is 33.6. The molecule has 246 valence electrons. The van der Waals surface area contributed by atoms with Crippen molar-refractivity contribution in [2.75, 3.05) is 6.61 Å². The van der Waals surface area contributed by atoms with Crippen molar-refractivity contribution >= 4 is 29.3 Å². The highest BCUT2D eigenvalue weighted by Crippen LogP contribution is 2.26. The molecule has 0 fully saturated rings. The second-order valence-corrected chi connectivity index (χ2v) is 12.6. The SMILES string of the molecule is CCOC(=O)/C(C)=C\C(C)=C\c1csc([C@H](Cc2ccc(OCc3ccccc3)cc2)NC(=O)C(OCc2ccccc2)C(C)C)n1. The van der Waals surface area contributed by atoms with Crippen LogP contribution in [0.15, 0.2) is 108 Å². The highest BCUT2D eigenvalue weighted by molar-refractivity contribution is 7.09. The van der Waals surface area contributed by atoms with E-state index in [1.165, 1.54) is 11.3 Å². The average molecular weight is 653 g/mol. The molecule has 47 heavy (non-hydrogen) atoms. The van der Waals surface area contributed by atoms with Crippen molar-refractivity contribution in [3.05, 3.63) is 135 Å². The van der Waals surface area contributed by atoms with E-state index in [-0.39, 0.29) is 23.8 Å². The molecule has 0 saturated carbocycles. The number of amides is 1. The van der Waals surface area contributed by atoms with Crippen LogP contribution >= 0.6 is 11.3 Å². The van der Waals surface area contributed by atoms with Crippen LogP contribution in [0.25, 0.3) is 6.08 Å². The Morgan fingerprint density at radius 3 is 2.13 bits per heavy atom. The van der Waals surface area contributed by atoms with Crippen molar-refractivity contribution in [2.24, 2.45) is 5.92 Å². The number of aromatic nitrogens is 1. The predicted molar refractivity (Wildman–Crippen MR) is 188 cm³/mol. The van der Waals surface area contributed by atoms with Crippen LogP contribution in [0.2, 0.25) is 0 Å². The van der Waals surface area contributed by atoms with Crippen molar-refractivity contribution in [3.63, 3.8) is 0 Å². The summed E-state index contributed by atoms with van der Waals surface area (Å²) >= 11 is 1.49. The number of benzene rings is 3. The molecule has 0 aliphatic heterocycles. The third-order valence-electron chi connectivity index (χ3n) is 7.32. The molecule has 1 heterocycles. The summed E-state index contributed by atoms with van der Waals surface area (Å²) in [4.78, 5) is 30.7. The molecule has 4 rings (SSSR count). The summed E-state index contributed by atoms with van der Waals surface area (Å²) in [6.07, 6.45) is 3.60. The molecule has 2 atom stereocenters. The molecule has 1 amide bonds. The minimum atomic E-state index is -0.635. The Kier molecular flexibility index (Phi) is 13.5. The Morgan fingerprint density at radius 2 is 1.51 bits per heavy atom. The van der Waals surface area contributed by atoms with Gasteiger partial charge in [-0.2, -0.15) is 0 Å². The van der Waals surface area contributed by atoms with Gasteiger partial charge in [-0.05, 0) is 79.7 Å². The molecule has 1 aromatic heterocycles. The monoisotopic (exact) mass is 652 g/mol. The maximum absolute atomic E-state index is 13.7. The molecular weight excluding hydrogens is 609 g/mol. The zero-order valence-electron chi connectivity index (χ0n) is 27.8. The first-order valence-corrected chi connectivity index (χ1v) is 16.8. The van der Waals surface area contributed by atoms with Crippen LogP contribution in [0.3, 0.4) is 0 Å². The van der Waals surface area contributed by atoms with E-state index in [1.807, 2.05) is 117 Å². The van der Waals surface area contributed by atoms with Crippen LogP contribution < -0.4 is 10.1 Å². The summed E-state index contributed by atoms with van der Waals surface area (Å²) < 4.78 is 17.2. The molecule has 0 aliphatic rings. The van der Waals surface area contributed by atoms with Crippen molar-refractivity contribution in [1.29, 1.82) is 0 Å². The third kappa shape index (κ3) is 11.3. The maximum Gasteiger partial charge on any atom is 0.333 e. The molecule has 0 bridgehead atoms. The van der Waals surface area contributed by atoms with Crippen LogP contribution in [-0.2, 0) is 38.7 Å². The summed E-state index contributed by atoms with van der Waals surface area (Å²) in [7, 11) is 0. The Hall–Kier alpha value is -4.53. The number of hydrogen-bond donors (Lipinski definition) is 1. The minimum Gasteiger partial charge on any atom is -0.489 e. The fourth-order valence-electron chi connectivity index (χ4n) is 4.93. The zero-order valence-corrected chi connectivity index (χ0v) is 28.6. The molecule has 0 radical (unpaired) electrons. The van der Waals surface area contributed by atoms with E-state index in [0.29, 0.717) is 31.8 Å². The number of hydrogen-bond acceptors (Lipinski definition) is 7. The Labute approximate surface area is 282 Å². The summed E-state index contributed by atoms with van der Waals surface area (Å²) in [5.41, 5.74) is 5.28. The van der Waals surface area contributed by atoms with Crippen LogP contribution in [0.1, 0.15) is 68.1 Å². The standard InChI is InChI=1S/C39H44N2O5S/c1-6-44-39(43)29(5)21-28(4)22-33-26-47-38(40-33)35(41-37(42)36(27(2)3)46-25-32-15-11-8-12-16-32)23-30-17-19-34(20-18-30)45-24-31-13-9-7-10-14-31/h7-22,26-27,35-36H,6,23-25H2,1-5H3,(H,41,42)/b28-22+,29-21-/t35-,36?/m0/s1. The van der Waals surface area contributed by atoms with Crippen LogP contribution in [0, 0.1) is 5.92 Å². The van der Waals surface area contributed by atoms with Crippen molar-refractivity contribution < 1.29 is 23.8 Å². The predicted octanol–water partition coefficient (Wildman–Crippen LogP) is 8.28. The highest BCUT2D eigenvalue weighted by Gasteiger charge is 2.27.